The van der Waals surface area contributed by atoms with Crippen molar-refractivity contribution in [3.8, 4) is 5.75 Å². The molecule has 6 nitrogen and oxygen atoms in total. The lowest BCUT2D eigenvalue weighted by molar-refractivity contribution is -0.109. The summed E-state index contributed by atoms with van der Waals surface area (Å²) < 4.78 is 6.23. The minimum Gasteiger partial charge on any atom is -0.497 e. The molecule has 2 heterocycles. The number of aldehydes is 1. The number of rotatable bonds is 5. The van der Waals surface area contributed by atoms with Gasteiger partial charge in [0.25, 0.3) is 0 Å². The lowest BCUT2D eigenvalue weighted by Crippen LogP contribution is -2.54. The summed E-state index contributed by atoms with van der Waals surface area (Å²) >= 11 is 3.58. The van der Waals surface area contributed by atoms with Gasteiger partial charge in [-0.05, 0) is 52.3 Å². The minimum atomic E-state index is -0.617. The monoisotopic (exact) mass is 450 g/mol. The van der Waals surface area contributed by atoms with E-state index < -0.39 is 6.17 Å². The van der Waals surface area contributed by atoms with E-state index in [9.17, 15) is 4.79 Å². The van der Waals surface area contributed by atoms with Gasteiger partial charge in [-0.15, -0.1) is 0 Å². The Bertz CT molecular complexity index is 1040. The third-order valence-electron chi connectivity index (χ3n) is 4.68. The zero-order valence-corrected chi connectivity index (χ0v) is 17.4. The molecule has 146 valence electrons. The number of hydrogen-bond donors (Lipinski definition) is 0. The molecule has 0 fully saturated rings. The van der Waals surface area contributed by atoms with Crippen LogP contribution in [0.2, 0.25) is 0 Å². The number of anilines is 2. The van der Waals surface area contributed by atoms with Crippen molar-refractivity contribution in [2.75, 3.05) is 23.6 Å². The van der Waals surface area contributed by atoms with Crippen molar-refractivity contribution in [2.45, 2.75) is 6.17 Å². The summed E-state index contributed by atoms with van der Waals surface area (Å²) in [6.07, 6.45) is 2.02. The molecule has 29 heavy (non-hydrogen) atoms. The van der Waals surface area contributed by atoms with Gasteiger partial charge < -0.3 is 9.64 Å². The zero-order chi connectivity index (χ0) is 20.2. The SMILES string of the molecule is COc1cccc(N2CC(c3ccccn3)=NN(c3ccccc3Br)C2C=O)c1. The van der Waals surface area contributed by atoms with E-state index in [1.54, 1.807) is 18.3 Å². The van der Waals surface area contributed by atoms with Gasteiger partial charge in [-0.2, -0.15) is 5.10 Å². The molecule has 1 aliphatic heterocycles. The average Bonchev–Trinajstić information content (AvgIpc) is 2.79. The van der Waals surface area contributed by atoms with E-state index in [1.807, 2.05) is 71.6 Å². The normalized spacial score (nSPS) is 16.3. The highest BCUT2D eigenvalue weighted by Crippen LogP contribution is 2.33. The highest BCUT2D eigenvalue weighted by molar-refractivity contribution is 9.10. The number of ether oxygens (including phenoxy) is 1. The Kier molecular flexibility index (Phi) is 5.57. The Morgan fingerprint density at radius 3 is 2.66 bits per heavy atom. The lowest BCUT2D eigenvalue weighted by Gasteiger charge is -2.40. The van der Waals surface area contributed by atoms with Crippen molar-refractivity contribution in [3.63, 3.8) is 0 Å². The number of aromatic nitrogens is 1. The first-order valence-electron chi connectivity index (χ1n) is 9.10. The fourth-order valence-corrected chi connectivity index (χ4v) is 3.74. The summed E-state index contributed by atoms with van der Waals surface area (Å²) in [6, 6.07) is 21.1. The first kappa shape index (κ1) is 19.1. The van der Waals surface area contributed by atoms with Crippen molar-refractivity contribution in [1.29, 1.82) is 0 Å². The average molecular weight is 451 g/mol. The third-order valence-corrected chi connectivity index (χ3v) is 5.36. The van der Waals surface area contributed by atoms with Crippen LogP contribution in [-0.2, 0) is 4.79 Å². The van der Waals surface area contributed by atoms with Gasteiger partial charge in [0.05, 0.1) is 25.0 Å². The minimum absolute atomic E-state index is 0.439. The highest BCUT2D eigenvalue weighted by Gasteiger charge is 2.33. The number of carbonyl (C=O) groups is 1. The molecule has 1 atom stereocenters. The van der Waals surface area contributed by atoms with Crippen molar-refractivity contribution in [1.82, 2.24) is 4.98 Å². The zero-order valence-electron chi connectivity index (χ0n) is 15.8. The van der Waals surface area contributed by atoms with E-state index >= 15 is 0 Å². The van der Waals surface area contributed by atoms with Crippen molar-refractivity contribution < 1.29 is 9.53 Å². The standard InChI is InChI=1S/C22H19BrN4O2/c1-29-17-8-6-7-16(13-17)26-14-20(19-10-4-5-12-24-19)25-27(22(26)15-28)21-11-3-2-9-18(21)23/h2-13,15,22H,14H2,1H3. The molecule has 0 spiro atoms. The number of benzene rings is 2. The predicted molar refractivity (Wildman–Crippen MR) is 118 cm³/mol. The number of hydrazone groups is 1. The molecule has 0 saturated heterocycles. The fourth-order valence-electron chi connectivity index (χ4n) is 3.27. The molecule has 0 saturated carbocycles. The molecule has 1 aromatic heterocycles. The van der Waals surface area contributed by atoms with Gasteiger partial charge in [0, 0.05) is 22.4 Å². The third kappa shape index (κ3) is 3.86. The van der Waals surface area contributed by atoms with Gasteiger partial charge in [0.15, 0.2) is 12.5 Å². The van der Waals surface area contributed by atoms with Crippen LogP contribution in [0.4, 0.5) is 11.4 Å². The van der Waals surface area contributed by atoms with E-state index in [1.165, 1.54) is 0 Å². The Morgan fingerprint density at radius 2 is 1.93 bits per heavy atom. The van der Waals surface area contributed by atoms with Crippen LogP contribution in [0, 0.1) is 0 Å². The van der Waals surface area contributed by atoms with Crippen molar-refractivity contribution in [2.24, 2.45) is 5.10 Å². The second-order valence-electron chi connectivity index (χ2n) is 6.44. The molecular weight excluding hydrogens is 432 g/mol. The van der Waals surface area contributed by atoms with Gasteiger partial charge in [0.2, 0.25) is 0 Å². The maximum Gasteiger partial charge on any atom is 0.180 e. The molecular formula is C22H19BrN4O2. The number of pyridine rings is 1. The number of halogens is 1. The molecule has 1 aliphatic rings. The topological polar surface area (TPSA) is 58.0 Å². The molecule has 0 aliphatic carbocycles. The van der Waals surface area contributed by atoms with Gasteiger partial charge >= 0.3 is 0 Å². The van der Waals surface area contributed by atoms with Crippen LogP contribution < -0.4 is 14.6 Å². The number of carbonyl (C=O) groups excluding carboxylic acids is 1. The Labute approximate surface area is 177 Å². The molecule has 0 N–H and O–H groups in total. The van der Waals surface area contributed by atoms with Gasteiger partial charge in [0.1, 0.15) is 11.5 Å². The lowest BCUT2D eigenvalue weighted by atomic mass is 10.1. The van der Waals surface area contributed by atoms with Crippen LogP contribution in [0.3, 0.4) is 0 Å². The second-order valence-corrected chi connectivity index (χ2v) is 7.29. The summed E-state index contributed by atoms with van der Waals surface area (Å²) in [7, 11) is 1.63. The molecule has 4 rings (SSSR count). The second kappa shape index (κ2) is 8.45. The number of methoxy groups -OCH3 is 1. The van der Waals surface area contributed by atoms with Gasteiger partial charge in [-0.25, -0.2) is 5.01 Å². The van der Waals surface area contributed by atoms with Crippen LogP contribution in [0.5, 0.6) is 5.75 Å². The van der Waals surface area contributed by atoms with Crippen molar-refractivity contribution >= 4 is 39.3 Å². The summed E-state index contributed by atoms with van der Waals surface area (Å²) in [4.78, 5) is 18.7. The van der Waals surface area contributed by atoms with E-state index in [2.05, 4.69) is 20.9 Å². The van der Waals surface area contributed by atoms with E-state index in [0.717, 1.165) is 39.3 Å². The summed E-state index contributed by atoms with van der Waals surface area (Å²) in [5, 5.41) is 6.53. The number of para-hydroxylation sites is 1. The first-order valence-corrected chi connectivity index (χ1v) is 9.89. The van der Waals surface area contributed by atoms with Crippen LogP contribution >= 0.6 is 15.9 Å². The largest absolute Gasteiger partial charge is 0.497 e. The van der Waals surface area contributed by atoms with Gasteiger partial charge in [-0.1, -0.05) is 24.3 Å². The Morgan fingerprint density at radius 1 is 1.10 bits per heavy atom. The van der Waals surface area contributed by atoms with Crippen LogP contribution in [0.25, 0.3) is 0 Å². The van der Waals surface area contributed by atoms with Crippen molar-refractivity contribution in [3.05, 3.63) is 83.1 Å². The molecule has 0 bridgehead atoms. The van der Waals surface area contributed by atoms with E-state index in [4.69, 9.17) is 9.84 Å². The molecule has 1 unspecified atom stereocenters. The molecule has 0 amide bonds. The maximum absolute atomic E-state index is 12.2. The van der Waals surface area contributed by atoms with E-state index in [-0.39, 0.29) is 0 Å². The molecule has 0 radical (unpaired) electrons. The summed E-state index contributed by atoms with van der Waals surface area (Å²) in [5.41, 5.74) is 3.19. The van der Waals surface area contributed by atoms with Crippen LogP contribution in [0.1, 0.15) is 5.69 Å². The molecule has 2 aromatic carbocycles. The first-order chi connectivity index (χ1) is 14.2. The maximum atomic E-state index is 12.2. The summed E-state index contributed by atoms with van der Waals surface area (Å²) in [6.45, 7) is 0.439. The predicted octanol–water partition coefficient (Wildman–Crippen LogP) is 4.11. The van der Waals surface area contributed by atoms with Crippen LogP contribution in [-0.4, -0.2) is 36.8 Å². The Hall–Kier alpha value is -3.19. The van der Waals surface area contributed by atoms with Crippen LogP contribution in [0.15, 0.2) is 82.5 Å². The number of nitrogens with zero attached hydrogens (tertiary/aromatic N) is 4. The summed E-state index contributed by atoms with van der Waals surface area (Å²) in [5.74, 6) is 0.724. The van der Waals surface area contributed by atoms with E-state index in [0.29, 0.717) is 6.54 Å². The fraction of sp³-hybridized carbons (Fsp3) is 0.136. The quantitative estimate of drug-likeness (QED) is 0.547. The molecule has 3 aromatic rings. The molecule has 7 heteroatoms. The smallest absolute Gasteiger partial charge is 0.180 e. The highest BCUT2D eigenvalue weighted by atomic mass is 79.9. The van der Waals surface area contributed by atoms with Gasteiger partial charge in [-0.3, -0.25) is 9.78 Å². The number of hydrogen-bond acceptors (Lipinski definition) is 6. The Balaban J connectivity index is 1.85.